The summed E-state index contributed by atoms with van der Waals surface area (Å²) in [4.78, 5) is 33.0. The van der Waals surface area contributed by atoms with Crippen LogP contribution in [0.1, 0.15) is 25.7 Å². The Morgan fingerprint density at radius 2 is 1.66 bits per heavy atom. The zero-order valence-electron chi connectivity index (χ0n) is 15.6. The van der Waals surface area contributed by atoms with Crippen LogP contribution in [0.3, 0.4) is 0 Å². The van der Waals surface area contributed by atoms with Crippen LogP contribution in [-0.4, -0.2) is 53.7 Å². The summed E-state index contributed by atoms with van der Waals surface area (Å²) >= 11 is 0. The van der Waals surface area contributed by atoms with E-state index in [0.29, 0.717) is 25.1 Å². The van der Waals surface area contributed by atoms with Crippen LogP contribution in [0.2, 0.25) is 0 Å². The van der Waals surface area contributed by atoms with Gasteiger partial charge in [-0.1, -0.05) is 0 Å². The van der Waals surface area contributed by atoms with Gasteiger partial charge in [-0.15, -0.1) is 0 Å². The molecule has 2 amide bonds. The number of nitrogens with zero attached hydrogens (tertiary/aromatic N) is 4. The van der Waals surface area contributed by atoms with Crippen molar-refractivity contribution in [1.82, 2.24) is 14.3 Å². The number of amides is 2. The van der Waals surface area contributed by atoms with Gasteiger partial charge in [0.25, 0.3) is 0 Å². The second-order valence-corrected chi connectivity index (χ2v) is 8.83. The van der Waals surface area contributed by atoms with E-state index in [1.807, 2.05) is 0 Å². The Morgan fingerprint density at radius 1 is 1.00 bits per heavy atom. The Kier molecular flexibility index (Phi) is 5.29. The maximum Gasteiger partial charge on any atom is 0.316 e. The molecule has 0 aliphatic carbocycles. The number of imide groups is 1. The van der Waals surface area contributed by atoms with Crippen molar-refractivity contribution in [1.29, 1.82) is 0 Å². The summed E-state index contributed by atoms with van der Waals surface area (Å²) < 4.78 is 33.2. The first kappa shape index (κ1) is 19.5. The largest absolute Gasteiger partial charge is 0.459 e. The van der Waals surface area contributed by atoms with E-state index in [2.05, 4.69) is 9.97 Å². The maximum atomic E-state index is 13.0. The van der Waals surface area contributed by atoms with E-state index in [1.54, 1.807) is 18.5 Å². The van der Waals surface area contributed by atoms with Crippen LogP contribution in [0.15, 0.2) is 47.6 Å². The Labute approximate surface area is 168 Å². The first-order valence-electron chi connectivity index (χ1n) is 9.35. The van der Waals surface area contributed by atoms with E-state index < -0.39 is 10.0 Å². The predicted octanol–water partition coefficient (Wildman–Crippen LogP) is 1.36. The van der Waals surface area contributed by atoms with Gasteiger partial charge >= 0.3 is 6.01 Å². The van der Waals surface area contributed by atoms with Crippen LogP contribution in [0.25, 0.3) is 0 Å². The second kappa shape index (κ2) is 7.88. The zero-order chi connectivity index (χ0) is 20.4. The number of hydrogen-bond acceptors (Lipinski definition) is 7. The summed E-state index contributed by atoms with van der Waals surface area (Å²) in [5.74, 6) is -0.547. The highest BCUT2D eigenvalue weighted by atomic mass is 32.2. The minimum absolute atomic E-state index is 0.108. The highest BCUT2D eigenvalue weighted by Crippen LogP contribution is 2.27. The normalized spacial score (nSPS) is 20.8. The Balaban J connectivity index is 1.49. The molecule has 1 unspecified atom stereocenters. The third-order valence-corrected chi connectivity index (χ3v) is 6.82. The van der Waals surface area contributed by atoms with Crippen molar-refractivity contribution in [3.05, 3.63) is 42.7 Å². The highest BCUT2D eigenvalue weighted by molar-refractivity contribution is 7.89. The third kappa shape index (κ3) is 3.99. The van der Waals surface area contributed by atoms with Crippen molar-refractivity contribution < 1.29 is 22.7 Å². The molecule has 1 aromatic carbocycles. The molecular formula is C19H20N4O5S. The average molecular weight is 416 g/mol. The third-order valence-electron chi connectivity index (χ3n) is 4.94. The molecule has 1 atom stereocenters. The maximum absolute atomic E-state index is 13.0. The summed E-state index contributed by atoms with van der Waals surface area (Å²) in [7, 11) is -3.73. The number of piperidine rings is 1. The molecule has 0 bridgehead atoms. The smallest absolute Gasteiger partial charge is 0.316 e. The Morgan fingerprint density at radius 3 is 2.31 bits per heavy atom. The quantitative estimate of drug-likeness (QED) is 0.677. The second-order valence-electron chi connectivity index (χ2n) is 6.89. The molecule has 4 rings (SSSR count). The lowest BCUT2D eigenvalue weighted by Crippen LogP contribution is -2.44. The van der Waals surface area contributed by atoms with Crippen molar-refractivity contribution >= 4 is 27.5 Å². The summed E-state index contributed by atoms with van der Waals surface area (Å²) in [6, 6.07) is 7.73. The minimum atomic E-state index is -3.73. The number of hydrogen-bond donors (Lipinski definition) is 0. The molecule has 2 aliphatic rings. The lowest BCUT2D eigenvalue weighted by molar-refractivity contribution is -0.121. The fourth-order valence-electron chi connectivity index (χ4n) is 3.50. The van der Waals surface area contributed by atoms with Crippen molar-refractivity contribution in [2.75, 3.05) is 18.0 Å². The first-order valence-corrected chi connectivity index (χ1v) is 10.8. The van der Waals surface area contributed by atoms with Crippen LogP contribution in [-0.2, 0) is 19.6 Å². The highest BCUT2D eigenvalue weighted by Gasteiger charge is 2.33. The molecule has 152 valence electrons. The molecule has 2 aliphatic heterocycles. The van der Waals surface area contributed by atoms with Crippen molar-refractivity contribution in [3.8, 4) is 6.01 Å². The molecule has 1 aromatic heterocycles. The molecular weight excluding hydrogens is 396 g/mol. The zero-order valence-corrected chi connectivity index (χ0v) is 16.4. The number of sulfonamides is 1. The van der Waals surface area contributed by atoms with Gasteiger partial charge in [-0.25, -0.2) is 18.4 Å². The molecule has 3 heterocycles. The van der Waals surface area contributed by atoms with E-state index in [1.165, 1.54) is 28.6 Å². The first-order chi connectivity index (χ1) is 13.9. The Bertz CT molecular complexity index is 995. The van der Waals surface area contributed by atoms with Gasteiger partial charge < -0.3 is 4.74 Å². The summed E-state index contributed by atoms with van der Waals surface area (Å²) in [5.41, 5.74) is 0.387. The molecule has 0 N–H and O–H groups in total. The van der Waals surface area contributed by atoms with Crippen LogP contribution < -0.4 is 9.64 Å². The Hall–Kier alpha value is -2.85. The number of ether oxygens (including phenoxy) is 1. The van der Waals surface area contributed by atoms with Crippen LogP contribution in [0.4, 0.5) is 5.69 Å². The fourth-order valence-corrected chi connectivity index (χ4v) is 5.01. The average Bonchev–Trinajstić information content (AvgIpc) is 3.07. The molecule has 9 nitrogen and oxygen atoms in total. The van der Waals surface area contributed by atoms with Crippen LogP contribution in [0, 0.1) is 0 Å². The topological polar surface area (TPSA) is 110 Å². The predicted molar refractivity (Wildman–Crippen MR) is 103 cm³/mol. The number of anilines is 1. The number of carbonyl (C=O) groups is 2. The van der Waals surface area contributed by atoms with Crippen molar-refractivity contribution in [3.63, 3.8) is 0 Å². The molecule has 2 saturated heterocycles. The molecule has 0 spiro atoms. The standard InChI is InChI=1S/C19H20N4O5S/c24-17-8-9-18(25)23(17)14-4-6-16(7-5-14)29(26,27)22-12-1-3-15(13-22)28-19-20-10-2-11-21-19/h2,4-7,10-11,15H,1,3,8-9,12-13H2. The number of rotatable bonds is 5. The summed E-state index contributed by atoms with van der Waals surface area (Å²) in [6.45, 7) is 0.591. The molecule has 2 fully saturated rings. The van der Waals surface area contributed by atoms with Crippen molar-refractivity contribution in [2.45, 2.75) is 36.7 Å². The molecule has 0 saturated carbocycles. The molecule has 2 aromatic rings. The summed E-state index contributed by atoms with van der Waals surface area (Å²) in [6.07, 6.45) is 4.53. The van der Waals surface area contributed by atoms with Gasteiger partial charge in [-0.2, -0.15) is 4.31 Å². The lowest BCUT2D eigenvalue weighted by Gasteiger charge is -2.31. The number of benzene rings is 1. The lowest BCUT2D eigenvalue weighted by atomic mass is 10.1. The van der Waals surface area contributed by atoms with Crippen LogP contribution >= 0.6 is 0 Å². The van der Waals surface area contributed by atoms with E-state index in [9.17, 15) is 18.0 Å². The van der Waals surface area contributed by atoms with Crippen LogP contribution in [0.5, 0.6) is 6.01 Å². The molecule has 0 radical (unpaired) electrons. The minimum Gasteiger partial charge on any atom is -0.459 e. The van der Waals surface area contributed by atoms with Gasteiger partial charge in [0.2, 0.25) is 21.8 Å². The molecule has 10 heteroatoms. The SMILES string of the molecule is O=C1CCC(=O)N1c1ccc(S(=O)(=O)N2CCCC(Oc3ncccn3)C2)cc1. The van der Waals surface area contributed by atoms with Gasteiger partial charge in [0.05, 0.1) is 17.1 Å². The van der Waals surface area contributed by atoms with E-state index in [4.69, 9.17) is 4.74 Å². The van der Waals surface area contributed by atoms with E-state index in [-0.39, 0.29) is 48.2 Å². The van der Waals surface area contributed by atoms with E-state index >= 15 is 0 Å². The fraction of sp³-hybridized carbons (Fsp3) is 0.368. The monoisotopic (exact) mass is 416 g/mol. The van der Waals surface area contributed by atoms with Gasteiger partial charge in [-0.3, -0.25) is 14.5 Å². The van der Waals surface area contributed by atoms with Gasteiger partial charge in [0, 0.05) is 31.8 Å². The van der Waals surface area contributed by atoms with Gasteiger partial charge in [0.1, 0.15) is 6.10 Å². The van der Waals surface area contributed by atoms with E-state index in [0.717, 1.165) is 4.90 Å². The number of aromatic nitrogens is 2. The van der Waals surface area contributed by atoms with Gasteiger partial charge in [-0.05, 0) is 43.2 Å². The number of carbonyl (C=O) groups excluding carboxylic acids is 2. The summed E-state index contributed by atoms with van der Waals surface area (Å²) in [5, 5.41) is 0. The van der Waals surface area contributed by atoms with Crippen molar-refractivity contribution in [2.24, 2.45) is 0 Å². The molecule has 29 heavy (non-hydrogen) atoms. The van der Waals surface area contributed by atoms with Gasteiger partial charge in [0.15, 0.2) is 0 Å².